The molecule has 1 heterocycles. The van der Waals surface area contributed by atoms with Crippen molar-refractivity contribution >= 4 is 17.6 Å². The summed E-state index contributed by atoms with van der Waals surface area (Å²) in [6.07, 6.45) is 4.08. The Morgan fingerprint density at radius 2 is 2.29 bits per heavy atom. The number of rotatable bonds is 4. The zero-order chi connectivity index (χ0) is 10.4. The van der Waals surface area contributed by atoms with Crippen LogP contribution in [0.3, 0.4) is 0 Å². The molecule has 0 aliphatic rings. The molecule has 0 amide bonds. The average Bonchev–Trinajstić information content (AvgIpc) is 2.26. The average molecular weight is 212 g/mol. The molecule has 3 N–H and O–H groups in total. The highest BCUT2D eigenvalue weighted by atomic mass is 32.2. The van der Waals surface area contributed by atoms with Crippen LogP contribution < -0.4 is 5.73 Å². The predicted octanol–water partition coefficient (Wildman–Crippen LogP) is 1.09. The predicted molar refractivity (Wildman–Crippen MR) is 55.4 cm³/mol. The van der Waals surface area contributed by atoms with Gasteiger partial charge in [-0.2, -0.15) is 0 Å². The molecule has 14 heavy (non-hydrogen) atoms. The largest absolute Gasteiger partial charge is 0.409 e. The van der Waals surface area contributed by atoms with Crippen LogP contribution in [0.15, 0.2) is 28.8 Å². The Hall–Kier alpha value is -1.30. The van der Waals surface area contributed by atoms with Crippen LogP contribution in [0, 0.1) is 0 Å². The zero-order valence-electron chi connectivity index (χ0n) is 7.79. The molecule has 1 aromatic heterocycles. The summed E-state index contributed by atoms with van der Waals surface area (Å²) in [5.41, 5.74) is 5.50. The molecule has 0 aliphatic heterocycles. The number of thioether (sulfide) groups is 1. The summed E-state index contributed by atoms with van der Waals surface area (Å²) >= 11 is 1.38. The zero-order valence-corrected chi connectivity index (χ0v) is 8.61. The van der Waals surface area contributed by atoms with Crippen molar-refractivity contribution in [1.29, 1.82) is 0 Å². The standard InChI is InChI=1S/C8H12N4OS/c1-2-6(7(9)12-13)14-8-10-4-3-5-11-8/h3-6,13H,2H2,1H3,(H2,9,12). The van der Waals surface area contributed by atoms with Crippen LogP contribution in [0.25, 0.3) is 0 Å². The van der Waals surface area contributed by atoms with Gasteiger partial charge in [0.2, 0.25) is 0 Å². The molecule has 0 spiro atoms. The lowest BCUT2D eigenvalue weighted by molar-refractivity contribution is 0.317. The Kier molecular flexibility index (Phi) is 4.18. The van der Waals surface area contributed by atoms with Gasteiger partial charge in [-0.15, -0.1) is 0 Å². The molecule has 5 nitrogen and oxygen atoms in total. The van der Waals surface area contributed by atoms with Crippen LogP contribution in [-0.2, 0) is 0 Å². The Balaban J connectivity index is 2.67. The van der Waals surface area contributed by atoms with E-state index in [4.69, 9.17) is 10.9 Å². The summed E-state index contributed by atoms with van der Waals surface area (Å²) in [5.74, 6) is 0.199. The molecule has 0 saturated heterocycles. The van der Waals surface area contributed by atoms with Gasteiger partial charge in [-0.3, -0.25) is 0 Å². The highest BCUT2D eigenvalue weighted by molar-refractivity contribution is 8.00. The molecule has 0 bridgehead atoms. The Morgan fingerprint density at radius 3 is 2.79 bits per heavy atom. The maximum Gasteiger partial charge on any atom is 0.188 e. The fourth-order valence-electron chi connectivity index (χ4n) is 0.891. The molecular weight excluding hydrogens is 200 g/mol. The fraction of sp³-hybridized carbons (Fsp3) is 0.375. The van der Waals surface area contributed by atoms with Gasteiger partial charge in [-0.05, 0) is 12.5 Å². The summed E-state index contributed by atoms with van der Waals surface area (Å²) in [7, 11) is 0. The van der Waals surface area contributed by atoms with Crippen LogP contribution in [0.1, 0.15) is 13.3 Å². The van der Waals surface area contributed by atoms with Gasteiger partial charge >= 0.3 is 0 Å². The third-order valence-electron chi connectivity index (χ3n) is 1.61. The monoisotopic (exact) mass is 212 g/mol. The minimum Gasteiger partial charge on any atom is -0.409 e. The normalized spacial score (nSPS) is 13.9. The maximum absolute atomic E-state index is 8.52. The minimum absolute atomic E-state index is 0.0811. The smallest absolute Gasteiger partial charge is 0.188 e. The van der Waals surface area contributed by atoms with Crippen LogP contribution >= 0.6 is 11.8 Å². The van der Waals surface area contributed by atoms with E-state index in [1.54, 1.807) is 18.5 Å². The number of hydrogen-bond donors (Lipinski definition) is 2. The van der Waals surface area contributed by atoms with Crippen LogP contribution in [0.2, 0.25) is 0 Å². The minimum atomic E-state index is -0.0811. The van der Waals surface area contributed by atoms with Crippen molar-refractivity contribution in [3.8, 4) is 0 Å². The molecule has 0 saturated carbocycles. The van der Waals surface area contributed by atoms with Crippen molar-refractivity contribution in [3.05, 3.63) is 18.5 Å². The second kappa shape index (κ2) is 5.43. The van der Waals surface area contributed by atoms with Gasteiger partial charge < -0.3 is 10.9 Å². The van der Waals surface area contributed by atoms with Gasteiger partial charge in [0.15, 0.2) is 11.0 Å². The van der Waals surface area contributed by atoms with Gasteiger partial charge in [-0.1, -0.05) is 23.8 Å². The van der Waals surface area contributed by atoms with Crippen molar-refractivity contribution in [3.63, 3.8) is 0 Å². The van der Waals surface area contributed by atoms with Gasteiger partial charge in [0, 0.05) is 12.4 Å². The molecule has 1 atom stereocenters. The third-order valence-corrected chi connectivity index (χ3v) is 2.89. The molecule has 1 unspecified atom stereocenters. The maximum atomic E-state index is 8.52. The van der Waals surface area contributed by atoms with Gasteiger partial charge in [-0.25, -0.2) is 9.97 Å². The number of aromatic nitrogens is 2. The lowest BCUT2D eigenvalue weighted by Gasteiger charge is -2.10. The number of nitrogens with two attached hydrogens (primary N) is 1. The summed E-state index contributed by atoms with van der Waals surface area (Å²) in [6.45, 7) is 1.96. The van der Waals surface area contributed by atoms with E-state index in [-0.39, 0.29) is 11.1 Å². The first-order valence-corrected chi connectivity index (χ1v) is 5.07. The molecular formula is C8H12N4OS. The van der Waals surface area contributed by atoms with E-state index in [2.05, 4.69) is 15.1 Å². The van der Waals surface area contributed by atoms with Crippen LogP contribution in [0.4, 0.5) is 0 Å². The van der Waals surface area contributed by atoms with E-state index in [1.807, 2.05) is 6.92 Å². The molecule has 1 aromatic rings. The van der Waals surface area contributed by atoms with Crippen molar-refractivity contribution < 1.29 is 5.21 Å². The third kappa shape index (κ3) is 2.88. The van der Waals surface area contributed by atoms with Gasteiger partial charge in [0.05, 0.1) is 5.25 Å². The molecule has 1 rings (SSSR count). The van der Waals surface area contributed by atoms with Crippen molar-refractivity contribution in [1.82, 2.24) is 9.97 Å². The summed E-state index contributed by atoms with van der Waals surface area (Å²) < 4.78 is 0. The first kappa shape index (κ1) is 10.8. The second-order valence-corrected chi connectivity index (χ2v) is 3.74. The molecule has 0 fully saturated rings. The first-order chi connectivity index (χ1) is 6.77. The van der Waals surface area contributed by atoms with Gasteiger partial charge in [0.25, 0.3) is 0 Å². The van der Waals surface area contributed by atoms with Crippen molar-refractivity contribution in [2.45, 2.75) is 23.8 Å². The fourth-order valence-corrected chi connectivity index (χ4v) is 1.72. The highest BCUT2D eigenvalue weighted by Crippen LogP contribution is 2.21. The van der Waals surface area contributed by atoms with E-state index >= 15 is 0 Å². The summed E-state index contributed by atoms with van der Waals surface area (Å²) in [4.78, 5) is 8.09. The van der Waals surface area contributed by atoms with E-state index < -0.39 is 0 Å². The van der Waals surface area contributed by atoms with E-state index in [0.29, 0.717) is 5.16 Å². The van der Waals surface area contributed by atoms with E-state index in [9.17, 15) is 0 Å². The molecule has 0 radical (unpaired) electrons. The molecule has 0 aliphatic carbocycles. The lowest BCUT2D eigenvalue weighted by atomic mass is 10.3. The number of oxime groups is 1. The number of hydrogen-bond acceptors (Lipinski definition) is 5. The highest BCUT2D eigenvalue weighted by Gasteiger charge is 2.14. The van der Waals surface area contributed by atoms with Gasteiger partial charge in [0.1, 0.15) is 0 Å². The number of amidine groups is 1. The first-order valence-electron chi connectivity index (χ1n) is 4.19. The lowest BCUT2D eigenvalue weighted by Crippen LogP contribution is -2.25. The Labute approximate surface area is 86.4 Å². The Morgan fingerprint density at radius 1 is 1.64 bits per heavy atom. The van der Waals surface area contributed by atoms with Crippen LogP contribution in [0.5, 0.6) is 0 Å². The second-order valence-electron chi connectivity index (χ2n) is 2.57. The Bertz CT molecular complexity index is 303. The van der Waals surface area contributed by atoms with E-state index in [0.717, 1.165) is 6.42 Å². The van der Waals surface area contributed by atoms with Crippen molar-refractivity contribution in [2.24, 2.45) is 10.9 Å². The summed E-state index contributed by atoms with van der Waals surface area (Å²) in [5, 5.41) is 12.0. The molecule has 0 aromatic carbocycles. The van der Waals surface area contributed by atoms with E-state index in [1.165, 1.54) is 11.8 Å². The number of nitrogens with zero attached hydrogens (tertiary/aromatic N) is 3. The van der Waals surface area contributed by atoms with Crippen LogP contribution in [-0.4, -0.2) is 26.3 Å². The summed E-state index contributed by atoms with van der Waals surface area (Å²) in [6, 6.07) is 1.74. The molecule has 76 valence electrons. The molecule has 6 heteroatoms. The topological polar surface area (TPSA) is 84.4 Å². The quantitative estimate of drug-likeness (QED) is 0.195. The SMILES string of the molecule is CCC(Sc1ncccn1)C(N)=NO. The van der Waals surface area contributed by atoms with Crippen molar-refractivity contribution in [2.75, 3.05) is 0 Å².